The number of hydrogen-bond acceptors (Lipinski definition) is 6. The molecule has 1 rings (SSSR count). The third kappa shape index (κ3) is 8.61. The molecule has 3 N–H and O–H groups in total. The molecule has 1 fully saturated rings. The summed E-state index contributed by atoms with van der Waals surface area (Å²) >= 11 is 0. The van der Waals surface area contributed by atoms with E-state index >= 15 is 0 Å². The smallest absolute Gasteiger partial charge is 0.329 e. The number of nitrogens with one attached hydrogen (secondary N) is 3. The van der Waals surface area contributed by atoms with Crippen LogP contribution >= 0.6 is 0 Å². The van der Waals surface area contributed by atoms with Crippen molar-refractivity contribution in [3.63, 3.8) is 0 Å². The van der Waals surface area contributed by atoms with Crippen LogP contribution < -0.4 is 16.0 Å². The molecule has 0 aromatic rings. The molecular weight excluding hydrogens is 440 g/mol. The van der Waals surface area contributed by atoms with Crippen molar-refractivity contribution in [2.24, 2.45) is 11.8 Å². The molecular formula is C24H42N4O6. The number of urea groups is 1. The van der Waals surface area contributed by atoms with Crippen LogP contribution in [-0.2, 0) is 23.9 Å². The van der Waals surface area contributed by atoms with Crippen LogP contribution in [0.25, 0.3) is 0 Å². The molecule has 1 saturated heterocycles. The SMILES string of the molecule is CC(=O)C(C)NC(=O)C1CCCN1C(=O)C(NC(=O)NC(C(=O)OC(C)(C)C)C(C)C)C(C)C. The second-order valence-corrected chi connectivity index (χ2v) is 10.6. The zero-order chi connectivity index (χ0) is 26.4. The molecule has 4 atom stereocenters. The second-order valence-electron chi connectivity index (χ2n) is 10.6. The number of carbonyl (C=O) groups excluding carboxylic acids is 5. The maximum absolute atomic E-state index is 13.3. The highest BCUT2D eigenvalue weighted by atomic mass is 16.6. The monoisotopic (exact) mass is 482 g/mol. The number of Topliss-reactive ketones (excluding diaryl/α,β-unsaturated/α-hetero) is 1. The van der Waals surface area contributed by atoms with Crippen LogP contribution in [0.1, 0.15) is 75.2 Å². The molecule has 10 nitrogen and oxygen atoms in total. The second kappa shape index (κ2) is 12.2. The van der Waals surface area contributed by atoms with Crippen molar-refractivity contribution in [2.75, 3.05) is 6.54 Å². The highest BCUT2D eigenvalue weighted by Gasteiger charge is 2.39. The number of amides is 4. The third-order valence-corrected chi connectivity index (χ3v) is 5.64. The summed E-state index contributed by atoms with van der Waals surface area (Å²) in [6.07, 6.45) is 1.12. The van der Waals surface area contributed by atoms with Gasteiger partial charge in [-0.3, -0.25) is 14.4 Å². The summed E-state index contributed by atoms with van der Waals surface area (Å²) in [4.78, 5) is 64.3. The Labute approximate surface area is 202 Å². The third-order valence-electron chi connectivity index (χ3n) is 5.64. The van der Waals surface area contributed by atoms with Crippen LogP contribution in [0, 0.1) is 11.8 Å². The average molecular weight is 483 g/mol. The van der Waals surface area contributed by atoms with Gasteiger partial charge in [-0.15, -0.1) is 0 Å². The van der Waals surface area contributed by atoms with Gasteiger partial charge in [0, 0.05) is 6.54 Å². The topological polar surface area (TPSA) is 134 Å². The lowest BCUT2D eigenvalue weighted by Crippen LogP contribution is -2.59. The van der Waals surface area contributed by atoms with E-state index in [9.17, 15) is 24.0 Å². The number of hydrogen-bond donors (Lipinski definition) is 3. The highest BCUT2D eigenvalue weighted by Crippen LogP contribution is 2.21. The van der Waals surface area contributed by atoms with Crippen LogP contribution in [0.5, 0.6) is 0 Å². The molecule has 0 spiro atoms. The lowest BCUT2D eigenvalue weighted by atomic mass is 10.0. The van der Waals surface area contributed by atoms with E-state index in [2.05, 4.69) is 16.0 Å². The molecule has 0 aromatic carbocycles. The molecule has 10 heteroatoms. The first-order chi connectivity index (χ1) is 15.5. The van der Waals surface area contributed by atoms with E-state index in [0.717, 1.165) is 0 Å². The number of rotatable bonds is 9. The number of nitrogens with zero attached hydrogens (tertiary/aromatic N) is 1. The van der Waals surface area contributed by atoms with E-state index in [1.54, 1.807) is 55.4 Å². The van der Waals surface area contributed by atoms with E-state index in [1.807, 2.05) is 0 Å². The number of carbonyl (C=O) groups is 5. The van der Waals surface area contributed by atoms with Gasteiger partial charge < -0.3 is 25.6 Å². The van der Waals surface area contributed by atoms with E-state index in [4.69, 9.17) is 4.74 Å². The molecule has 0 aliphatic carbocycles. The van der Waals surface area contributed by atoms with E-state index in [1.165, 1.54) is 11.8 Å². The summed E-state index contributed by atoms with van der Waals surface area (Å²) in [5.74, 6) is -1.99. The minimum atomic E-state index is -0.898. The predicted molar refractivity (Wildman–Crippen MR) is 128 cm³/mol. The van der Waals surface area contributed by atoms with Crippen molar-refractivity contribution in [1.29, 1.82) is 0 Å². The minimum Gasteiger partial charge on any atom is -0.458 e. The Bertz CT molecular complexity index is 774. The zero-order valence-electron chi connectivity index (χ0n) is 22.0. The fourth-order valence-corrected chi connectivity index (χ4v) is 3.59. The van der Waals surface area contributed by atoms with Crippen molar-refractivity contribution < 1.29 is 28.7 Å². The maximum atomic E-state index is 13.3. The Balaban J connectivity index is 2.93. The number of esters is 1. The van der Waals surface area contributed by atoms with Gasteiger partial charge in [-0.1, -0.05) is 27.7 Å². The molecule has 4 amide bonds. The Morgan fingerprint density at radius 2 is 1.41 bits per heavy atom. The Hall–Kier alpha value is -2.65. The van der Waals surface area contributed by atoms with Gasteiger partial charge in [0.2, 0.25) is 11.8 Å². The van der Waals surface area contributed by atoms with E-state index in [-0.39, 0.29) is 29.4 Å². The largest absolute Gasteiger partial charge is 0.458 e. The molecule has 1 aliphatic heterocycles. The Morgan fingerprint density at radius 1 is 0.882 bits per heavy atom. The van der Waals surface area contributed by atoms with Gasteiger partial charge >= 0.3 is 12.0 Å². The molecule has 0 aromatic heterocycles. The van der Waals surface area contributed by atoms with Crippen molar-refractivity contribution in [1.82, 2.24) is 20.9 Å². The zero-order valence-corrected chi connectivity index (χ0v) is 22.0. The lowest BCUT2D eigenvalue weighted by molar-refractivity contribution is -0.158. The van der Waals surface area contributed by atoms with Gasteiger partial charge in [-0.2, -0.15) is 0 Å². The van der Waals surface area contributed by atoms with Gasteiger partial charge in [-0.05, 0) is 59.3 Å². The summed E-state index contributed by atoms with van der Waals surface area (Å²) in [5.41, 5.74) is -0.704. The number of ether oxygens (including phenoxy) is 1. The highest BCUT2D eigenvalue weighted by molar-refractivity contribution is 5.94. The van der Waals surface area contributed by atoms with E-state index in [0.29, 0.717) is 19.4 Å². The van der Waals surface area contributed by atoms with Gasteiger partial charge in [0.25, 0.3) is 0 Å². The minimum absolute atomic E-state index is 0.174. The van der Waals surface area contributed by atoms with Crippen LogP contribution in [0.2, 0.25) is 0 Å². The van der Waals surface area contributed by atoms with Crippen molar-refractivity contribution in [3.05, 3.63) is 0 Å². The van der Waals surface area contributed by atoms with Crippen molar-refractivity contribution in [2.45, 2.75) is 105 Å². The molecule has 4 unspecified atom stereocenters. The first kappa shape index (κ1) is 29.4. The van der Waals surface area contributed by atoms with Gasteiger partial charge in [0.05, 0.1) is 6.04 Å². The molecule has 1 aliphatic rings. The summed E-state index contributed by atoms with van der Waals surface area (Å²) in [6.45, 7) is 15.8. The predicted octanol–water partition coefficient (Wildman–Crippen LogP) is 1.76. The number of likely N-dealkylation sites (tertiary alicyclic amines) is 1. The summed E-state index contributed by atoms with van der Waals surface area (Å²) in [5, 5.41) is 7.96. The van der Waals surface area contributed by atoms with Gasteiger partial charge in [-0.25, -0.2) is 9.59 Å². The fraction of sp³-hybridized carbons (Fsp3) is 0.792. The van der Waals surface area contributed by atoms with Gasteiger partial charge in [0.15, 0.2) is 5.78 Å². The first-order valence-corrected chi connectivity index (χ1v) is 12.0. The molecule has 0 saturated carbocycles. The van der Waals surface area contributed by atoms with Gasteiger partial charge in [0.1, 0.15) is 23.7 Å². The lowest BCUT2D eigenvalue weighted by Gasteiger charge is -2.32. The molecule has 0 bridgehead atoms. The maximum Gasteiger partial charge on any atom is 0.329 e. The van der Waals surface area contributed by atoms with E-state index < -0.39 is 41.8 Å². The molecule has 0 radical (unpaired) electrons. The fourth-order valence-electron chi connectivity index (χ4n) is 3.59. The Kier molecular flexibility index (Phi) is 10.5. The molecule has 194 valence electrons. The normalized spacial score (nSPS) is 18.8. The van der Waals surface area contributed by atoms with Crippen LogP contribution in [0.4, 0.5) is 4.79 Å². The molecule has 1 heterocycles. The first-order valence-electron chi connectivity index (χ1n) is 12.0. The summed E-state index contributed by atoms with van der Waals surface area (Å²) in [6, 6.07) is -3.80. The average Bonchev–Trinajstić information content (AvgIpc) is 3.17. The standard InChI is InChI=1S/C24H42N4O6/c1-13(2)18(26-23(33)27-19(14(3)4)22(32)34-24(7,8)9)21(31)28-12-10-11-17(28)20(30)25-15(5)16(6)29/h13-15,17-19H,10-12H2,1-9H3,(H,25,30)(H2,26,27,33). The summed E-state index contributed by atoms with van der Waals surface area (Å²) < 4.78 is 5.41. The van der Waals surface area contributed by atoms with Crippen molar-refractivity contribution in [3.8, 4) is 0 Å². The van der Waals surface area contributed by atoms with Crippen LogP contribution in [-0.4, -0.2) is 70.8 Å². The van der Waals surface area contributed by atoms with Crippen LogP contribution in [0.15, 0.2) is 0 Å². The summed E-state index contributed by atoms with van der Waals surface area (Å²) in [7, 11) is 0. The van der Waals surface area contributed by atoms with Crippen LogP contribution in [0.3, 0.4) is 0 Å². The van der Waals surface area contributed by atoms with Crippen molar-refractivity contribution >= 4 is 29.6 Å². The Morgan fingerprint density at radius 3 is 1.88 bits per heavy atom. The number of ketones is 1. The quantitative estimate of drug-likeness (QED) is 0.429. The molecule has 34 heavy (non-hydrogen) atoms.